The van der Waals surface area contributed by atoms with Crippen molar-refractivity contribution in [2.45, 2.75) is 57.7 Å². The van der Waals surface area contributed by atoms with E-state index in [1.807, 2.05) is 0 Å². The van der Waals surface area contributed by atoms with E-state index in [4.69, 9.17) is 11.6 Å². The van der Waals surface area contributed by atoms with Crippen molar-refractivity contribution in [2.24, 2.45) is 5.92 Å². The number of halogens is 1. The Morgan fingerprint density at radius 2 is 1.88 bits per heavy atom. The van der Waals surface area contributed by atoms with Crippen molar-refractivity contribution in [3.8, 4) is 0 Å². The molecule has 0 bridgehead atoms. The quantitative estimate of drug-likeness (QED) is 0.638. The summed E-state index contributed by atoms with van der Waals surface area (Å²) in [6.07, 6.45) is 7.55. The van der Waals surface area contributed by atoms with Crippen molar-refractivity contribution in [1.82, 2.24) is 0 Å². The average Bonchev–Trinajstić information content (AvgIpc) is 2.91. The molecule has 0 N–H and O–H groups in total. The SMILES string of the molecule is CCc1ccc(CC)c(C(Cl)C2CCCC2)c1. The summed E-state index contributed by atoms with van der Waals surface area (Å²) in [7, 11) is 0. The van der Waals surface area contributed by atoms with Gasteiger partial charge in [0, 0.05) is 0 Å². The molecule has 1 heteroatoms. The molecule has 1 saturated carbocycles. The van der Waals surface area contributed by atoms with Crippen LogP contribution in [-0.4, -0.2) is 0 Å². The van der Waals surface area contributed by atoms with Crippen LogP contribution in [0.25, 0.3) is 0 Å². The molecule has 1 aliphatic rings. The Bertz CT molecular complexity index is 364. The molecule has 0 aromatic heterocycles. The van der Waals surface area contributed by atoms with Gasteiger partial charge in [-0.15, -0.1) is 11.6 Å². The largest absolute Gasteiger partial charge is 0.118 e. The molecule has 2 rings (SSSR count). The molecule has 94 valence electrons. The second-order valence-corrected chi connectivity index (χ2v) is 5.66. The number of alkyl halides is 1. The lowest BCUT2D eigenvalue weighted by Gasteiger charge is -2.20. The van der Waals surface area contributed by atoms with E-state index < -0.39 is 0 Å². The van der Waals surface area contributed by atoms with Crippen LogP contribution in [0.3, 0.4) is 0 Å². The fourth-order valence-corrected chi connectivity index (χ4v) is 3.40. The Morgan fingerprint density at radius 1 is 1.18 bits per heavy atom. The van der Waals surface area contributed by atoms with Gasteiger partial charge in [-0.05, 0) is 48.3 Å². The molecule has 0 saturated heterocycles. The third-order valence-corrected chi connectivity index (χ3v) is 4.70. The van der Waals surface area contributed by atoms with Gasteiger partial charge in [0.25, 0.3) is 0 Å². The number of benzene rings is 1. The summed E-state index contributed by atoms with van der Waals surface area (Å²) in [5, 5.41) is 0.235. The van der Waals surface area contributed by atoms with E-state index >= 15 is 0 Å². The first-order valence-electron chi connectivity index (χ1n) is 7.02. The molecule has 1 unspecified atom stereocenters. The molecule has 0 nitrogen and oxygen atoms in total. The first-order valence-corrected chi connectivity index (χ1v) is 7.45. The van der Waals surface area contributed by atoms with Gasteiger partial charge >= 0.3 is 0 Å². The fraction of sp³-hybridized carbons (Fsp3) is 0.625. The third-order valence-electron chi connectivity index (χ3n) is 4.11. The van der Waals surface area contributed by atoms with Gasteiger partial charge in [0.05, 0.1) is 5.38 Å². The Kier molecular flexibility index (Phi) is 4.50. The fourth-order valence-electron chi connectivity index (χ4n) is 2.95. The lowest BCUT2D eigenvalue weighted by Crippen LogP contribution is -2.07. The van der Waals surface area contributed by atoms with Crippen LogP contribution in [-0.2, 0) is 12.8 Å². The minimum Gasteiger partial charge on any atom is -0.118 e. The van der Waals surface area contributed by atoms with Gasteiger partial charge in [-0.25, -0.2) is 0 Å². The van der Waals surface area contributed by atoms with Crippen molar-refractivity contribution >= 4 is 11.6 Å². The van der Waals surface area contributed by atoms with Crippen molar-refractivity contribution < 1.29 is 0 Å². The molecule has 0 amide bonds. The standard InChI is InChI=1S/C16H23Cl/c1-3-12-9-10-13(4-2)15(11-12)16(17)14-7-5-6-8-14/h9-11,14,16H,3-8H2,1-2H3. The van der Waals surface area contributed by atoms with E-state index in [-0.39, 0.29) is 5.38 Å². The van der Waals surface area contributed by atoms with Gasteiger partial charge < -0.3 is 0 Å². The zero-order valence-corrected chi connectivity index (χ0v) is 11.8. The molecule has 1 fully saturated rings. The van der Waals surface area contributed by atoms with Crippen LogP contribution < -0.4 is 0 Å². The number of aryl methyl sites for hydroxylation is 2. The van der Waals surface area contributed by atoms with E-state index in [1.165, 1.54) is 42.4 Å². The molecule has 1 aliphatic carbocycles. The van der Waals surface area contributed by atoms with Crippen LogP contribution in [0.2, 0.25) is 0 Å². The highest BCUT2D eigenvalue weighted by Crippen LogP contribution is 2.41. The Balaban J connectivity index is 2.27. The van der Waals surface area contributed by atoms with Crippen LogP contribution in [0.5, 0.6) is 0 Å². The second-order valence-electron chi connectivity index (χ2n) is 5.19. The van der Waals surface area contributed by atoms with Gasteiger partial charge in [0.2, 0.25) is 0 Å². The maximum Gasteiger partial charge on any atom is 0.0616 e. The van der Waals surface area contributed by atoms with Crippen LogP contribution in [0.1, 0.15) is 61.6 Å². The van der Waals surface area contributed by atoms with Crippen LogP contribution in [0.4, 0.5) is 0 Å². The number of hydrogen-bond acceptors (Lipinski definition) is 0. The predicted molar refractivity (Wildman–Crippen MR) is 75.8 cm³/mol. The average molecular weight is 251 g/mol. The van der Waals surface area contributed by atoms with Crippen LogP contribution in [0.15, 0.2) is 18.2 Å². The van der Waals surface area contributed by atoms with E-state index in [1.54, 1.807) is 0 Å². The molecule has 0 spiro atoms. The lowest BCUT2D eigenvalue weighted by molar-refractivity contribution is 0.526. The van der Waals surface area contributed by atoms with Gasteiger partial charge in [0.15, 0.2) is 0 Å². The van der Waals surface area contributed by atoms with Crippen molar-refractivity contribution in [3.63, 3.8) is 0 Å². The molecule has 1 atom stereocenters. The van der Waals surface area contributed by atoms with E-state index in [9.17, 15) is 0 Å². The maximum atomic E-state index is 6.73. The smallest absolute Gasteiger partial charge is 0.0616 e. The van der Waals surface area contributed by atoms with Gasteiger partial charge in [-0.1, -0.05) is 44.9 Å². The lowest BCUT2D eigenvalue weighted by atomic mass is 9.91. The molecular weight excluding hydrogens is 228 g/mol. The Labute approximate surface area is 110 Å². The highest BCUT2D eigenvalue weighted by atomic mass is 35.5. The highest BCUT2D eigenvalue weighted by molar-refractivity contribution is 6.21. The summed E-state index contributed by atoms with van der Waals surface area (Å²) >= 11 is 6.73. The summed E-state index contributed by atoms with van der Waals surface area (Å²) in [5.41, 5.74) is 4.26. The second kappa shape index (κ2) is 5.91. The first kappa shape index (κ1) is 13.0. The van der Waals surface area contributed by atoms with Crippen molar-refractivity contribution in [1.29, 1.82) is 0 Å². The van der Waals surface area contributed by atoms with Gasteiger partial charge in [-0.2, -0.15) is 0 Å². The summed E-state index contributed by atoms with van der Waals surface area (Å²) in [5.74, 6) is 0.703. The molecule has 0 heterocycles. The van der Waals surface area contributed by atoms with Gasteiger partial charge in [-0.3, -0.25) is 0 Å². The van der Waals surface area contributed by atoms with E-state index in [0.717, 1.165) is 12.8 Å². The molecule has 1 aromatic carbocycles. The minimum atomic E-state index is 0.235. The predicted octanol–water partition coefficient (Wildman–Crippen LogP) is 5.28. The monoisotopic (exact) mass is 250 g/mol. The normalized spacial score (nSPS) is 18.5. The van der Waals surface area contributed by atoms with Crippen LogP contribution >= 0.6 is 11.6 Å². The van der Waals surface area contributed by atoms with Gasteiger partial charge in [0.1, 0.15) is 0 Å². The highest BCUT2D eigenvalue weighted by Gasteiger charge is 2.25. The zero-order chi connectivity index (χ0) is 12.3. The molecular formula is C16H23Cl. The van der Waals surface area contributed by atoms with Crippen LogP contribution in [0, 0.1) is 5.92 Å². The molecule has 0 aliphatic heterocycles. The Hall–Kier alpha value is -0.490. The van der Waals surface area contributed by atoms with E-state index in [0.29, 0.717) is 5.92 Å². The first-order chi connectivity index (χ1) is 8.26. The topological polar surface area (TPSA) is 0 Å². The number of hydrogen-bond donors (Lipinski definition) is 0. The Morgan fingerprint density at radius 3 is 2.47 bits per heavy atom. The summed E-state index contributed by atoms with van der Waals surface area (Å²) in [6.45, 7) is 4.44. The minimum absolute atomic E-state index is 0.235. The summed E-state index contributed by atoms with van der Waals surface area (Å²) in [6, 6.07) is 6.87. The van der Waals surface area contributed by atoms with Crippen molar-refractivity contribution in [3.05, 3.63) is 34.9 Å². The zero-order valence-electron chi connectivity index (χ0n) is 11.0. The van der Waals surface area contributed by atoms with Crippen molar-refractivity contribution in [2.75, 3.05) is 0 Å². The van der Waals surface area contributed by atoms with E-state index in [2.05, 4.69) is 32.0 Å². The molecule has 0 radical (unpaired) electrons. The summed E-state index contributed by atoms with van der Waals surface area (Å²) < 4.78 is 0. The maximum absolute atomic E-state index is 6.73. The molecule has 17 heavy (non-hydrogen) atoms. The summed E-state index contributed by atoms with van der Waals surface area (Å²) in [4.78, 5) is 0. The third kappa shape index (κ3) is 2.85. The number of rotatable bonds is 4. The molecule has 1 aromatic rings.